The van der Waals surface area contributed by atoms with E-state index in [1.54, 1.807) is 0 Å². The molecular weight excluding hydrogens is 248 g/mol. The fraction of sp³-hybridized carbons (Fsp3) is 0. The lowest BCUT2D eigenvalue weighted by Crippen LogP contribution is -2.04. The van der Waals surface area contributed by atoms with Gasteiger partial charge in [-0.25, -0.2) is 0 Å². The molecule has 19 heavy (non-hydrogen) atoms. The summed E-state index contributed by atoms with van der Waals surface area (Å²) >= 11 is 0. The van der Waals surface area contributed by atoms with E-state index in [1.807, 2.05) is 60.7 Å². The second-order valence-electron chi connectivity index (χ2n) is 3.89. The molecule has 0 fully saturated rings. The zero-order chi connectivity index (χ0) is 17.3. The Labute approximate surface area is 124 Å². The summed E-state index contributed by atoms with van der Waals surface area (Å²) in [7, 11) is -0.765. The molecule has 0 saturated heterocycles. The zero-order valence-electron chi connectivity index (χ0n) is 15.2. The highest BCUT2D eigenvalue weighted by Gasteiger charge is 2.27. The number of hydrogen-bond donors (Lipinski definition) is 0. The van der Waals surface area contributed by atoms with Crippen LogP contribution in [0.3, 0.4) is 0 Å². The molecule has 0 spiro atoms. The van der Waals surface area contributed by atoms with E-state index in [9.17, 15) is 0 Å². The Balaban J connectivity index is 2.33. The van der Waals surface area contributed by atoms with E-state index in [1.165, 1.54) is 0 Å². The first kappa shape index (κ1) is 7.56. The van der Waals surface area contributed by atoms with Crippen LogP contribution in [0.25, 0.3) is 0 Å². The summed E-state index contributed by atoms with van der Waals surface area (Å²) in [6.07, 6.45) is 0. The molecule has 0 heterocycles. The van der Waals surface area contributed by atoms with Crippen molar-refractivity contribution in [2.45, 2.75) is 14.7 Å². The molecule has 0 nitrogen and oxygen atoms in total. The first-order chi connectivity index (χ1) is 11.5. The molecule has 0 aliphatic carbocycles. The van der Waals surface area contributed by atoms with Crippen LogP contribution in [0, 0.1) is 0 Å². The Morgan fingerprint density at radius 2 is 1.05 bits per heavy atom. The molecule has 0 aromatic heterocycles. The monoisotopic (exact) mass is 268 g/mol. The molecule has 3 aromatic rings. The van der Waals surface area contributed by atoms with Gasteiger partial charge in [-0.15, -0.1) is 0 Å². The lowest BCUT2D eigenvalue weighted by Gasteiger charge is -2.07. The van der Waals surface area contributed by atoms with Crippen molar-refractivity contribution in [3.05, 3.63) is 90.9 Å². The number of rotatable bonds is 3. The Morgan fingerprint density at radius 3 is 1.53 bits per heavy atom. The maximum absolute atomic E-state index is 8.30. The van der Waals surface area contributed by atoms with Crippen molar-refractivity contribution in [2.75, 3.05) is 0 Å². The van der Waals surface area contributed by atoms with Gasteiger partial charge in [-0.2, -0.15) is 0 Å². The molecule has 3 aromatic carbocycles. The second kappa shape index (κ2) is 5.77. The van der Waals surface area contributed by atoms with Crippen LogP contribution in [0.1, 0.15) is 6.85 Å². The second-order valence-corrected chi connectivity index (χ2v) is 5.85. The van der Waals surface area contributed by atoms with Gasteiger partial charge in [-0.3, -0.25) is 0 Å². The third kappa shape index (κ3) is 2.72. The van der Waals surface area contributed by atoms with Crippen molar-refractivity contribution in [3.63, 3.8) is 0 Å². The Kier molecular flexibility index (Phi) is 2.30. The third-order valence-corrected chi connectivity index (χ3v) is 4.74. The summed E-state index contributed by atoms with van der Waals surface area (Å²) < 4.78 is 40.3. The normalized spacial score (nSPS) is 14.3. The largest absolute Gasteiger partial charge is 0.166 e. The molecule has 3 rings (SSSR count). The molecule has 0 N–H and O–H groups in total. The van der Waals surface area contributed by atoms with Gasteiger partial charge in [0.25, 0.3) is 0 Å². The molecule has 92 valence electrons. The fourth-order valence-electron chi connectivity index (χ4n) is 1.83. The molecule has 0 atom stereocenters. The topological polar surface area (TPSA) is 0 Å². The smallest absolute Gasteiger partial charge is 0.0619 e. The van der Waals surface area contributed by atoms with Crippen LogP contribution in [-0.4, -0.2) is 0 Å². The predicted octanol–water partition coefficient (Wildman–Crippen LogP) is 4.78. The number of benzene rings is 3. The molecular formula is C18H15S+. The van der Waals surface area contributed by atoms with Gasteiger partial charge in [-0.05, 0) is 36.4 Å². The van der Waals surface area contributed by atoms with Gasteiger partial charge < -0.3 is 0 Å². The highest BCUT2D eigenvalue weighted by molar-refractivity contribution is 7.97. The Hall–Kier alpha value is -1.99. The van der Waals surface area contributed by atoms with Crippen LogP contribution >= 0.6 is 0 Å². The summed E-state index contributed by atoms with van der Waals surface area (Å²) in [5.41, 5.74) is 0. The van der Waals surface area contributed by atoms with Gasteiger partial charge >= 0.3 is 0 Å². The van der Waals surface area contributed by atoms with Crippen molar-refractivity contribution in [3.8, 4) is 0 Å². The van der Waals surface area contributed by atoms with Crippen LogP contribution in [0.5, 0.6) is 0 Å². The van der Waals surface area contributed by atoms with E-state index in [0.29, 0.717) is 4.90 Å². The van der Waals surface area contributed by atoms with Crippen molar-refractivity contribution in [1.82, 2.24) is 0 Å². The minimum Gasteiger partial charge on any atom is -0.0619 e. The zero-order valence-corrected chi connectivity index (χ0v) is 11.0. The maximum Gasteiger partial charge on any atom is 0.166 e. The highest BCUT2D eigenvalue weighted by atomic mass is 32.2. The first-order valence-electron chi connectivity index (χ1n) is 8.43. The average Bonchev–Trinajstić information content (AvgIpc) is 2.63. The fourth-order valence-corrected chi connectivity index (χ4v) is 3.73. The molecule has 1 heteroatoms. The minimum atomic E-state index is -0.765. The summed E-state index contributed by atoms with van der Waals surface area (Å²) in [4.78, 5) is 2.17. The third-order valence-electron chi connectivity index (χ3n) is 2.64. The van der Waals surface area contributed by atoms with Gasteiger partial charge in [-0.1, -0.05) is 54.5 Å². The number of hydrogen-bond acceptors (Lipinski definition) is 0. The molecule has 0 aliphatic rings. The summed E-state index contributed by atoms with van der Waals surface area (Å²) in [6, 6.07) is 17.9. The first-order valence-corrected chi connectivity index (χ1v) is 7.16. The molecule has 0 saturated carbocycles. The van der Waals surface area contributed by atoms with E-state index >= 15 is 0 Å². The van der Waals surface area contributed by atoms with Crippen LogP contribution in [-0.2, 0) is 10.9 Å². The Bertz CT molecular complexity index is 797. The van der Waals surface area contributed by atoms with Crippen LogP contribution < -0.4 is 0 Å². The standard InChI is InChI=1S/C18H15S/c1-4-10-16(11-5-1)19(17-12-6-2-7-13-17)18-14-8-3-9-15-18/h1-15H/q+1/i1D,4D,5D,10D,11D. The van der Waals surface area contributed by atoms with Gasteiger partial charge in [0, 0.05) is 0 Å². The van der Waals surface area contributed by atoms with Crippen molar-refractivity contribution in [1.29, 1.82) is 0 Å². The van der Waals surface area contributed by atoms with E-state index < -0.39 is 10.9 Å². The van der Waals surface area contributed by atoms with E-state index in [-0.39, 0.29) is 30.2 Å². The lowest BCUT2D eigenvalue weighted by atomic mass is 10.4. The molecule has 0 aliphatic heterocycles. The van der Waals surface area contributed by atoms with Crippen LogP contribution in [0.2, 0.25) is 0 Å². The quantitative estimate of drug-likeness (QED) is 0.600. The minimum absolute atomic E-state index is 0.142. The maximum atomic E-state index is 8.30. The van der Waals surface area contributed by atoms with Crippen molar-refractivity contribution < 1.29 is 6.85 Å². The van der Waals surface area contributed by atoms with Crippen molar-refractivity contribution in [2.24, 2.45) is 0 Å². The lowest BCUT2D eigenvalue weighted by molar-refractivity contribution is 1.32. The SMILES string of the molecule is [2H]c1c([2H])c([2H])c([S+](c2ccccc2)c2ccccc2)c([2H])c1[2H]. The van der Waals surface area contributed by atoms with Gasteiger partial charge in [0.1, 0.15) is 0 Å². The van der Waals surface area contributed by atoms with E-state index in [2.05, 4.69) is 0 Å². The summed E-state index contributed by atoms with van der Waals surface area (Å²) in [6.45, 7) is 0. The van der Waals surface area contributed by atoms with Gasteiger partial charge in [0.2, 0.25) is 0 Å². The van der Waals surface area contributed by atoms with Gasteiger partial charge in [0.15, 0.2) is 14.7 Å². The molecule has 0 unspecified atom stereocenters. The van der Waals surface area contributed by atoms with Crippen LogP contribution in [0.4, 0.5) is 0 Å². The summed E-state index contributed by atoms with van der Waals surface area (Å²) in [5.74, 6) is 0. The van der Waals surface area contributed by atoms with E-state index in [4.69, 9.17) is 6.85 Å². The van der Waals surface area contributed by atoms with Gasteiger partial charge in [0.05, 0.1) is 17.7 Å². The van der Waals surface area contributed by atoms with Crippen molar-refractivity contribution >= 4 is 10.9 Å². The predicted molar refractivity (Wildman–Crippen MR) is 81.5 cm³/mol. The molecule has 0 amide bonds. The van der Waals surface area contributed by atoms with Crippen LogP contribution in [0.15, 0.2) is 106 Å². The molecule has 0 bridgehead atoms. The highest BCUT2D eigenvalue weighted by Crippen LogP contribution is 2.30. The summed E-state index contributed by atoms with van der Waals surface area (Å²) in [5, 5.41) is 0. The molecule has 0 radical (unpaired) electrons. The van der Waals surface area contributed by atoms with E-state index in [0.717, 1.165) is 9.79 Å². The Morgan fingerprint density at radius 1 is 0.579 bits per heavy atom. The average molecular weight is 268 g/mol.